The minimum absolute atomic E-state index is 0.0480. The van der Waals surface area contributed by atoms with Gasteiger partial charge in [-0.05, 0) is 32.6 Å². The Morgan fingerprint density at radius 1 is 1.41 bits per heavy atom. The minimum Gasteiger partial charge on any atom is -0.481 e. The first-order valence-corrected chi connectivity index (χ1v) is 7.85. The summed E-state index contributed by atoms with van der Waals surface area (Å²) < 4.78 is 16.4. The zero-order valence-electron chi connectivity index (χ0n) is 13.0. The quantitative estimate of drug-likeness (QED) is 0.718. The molecule has 0 bridgehead atoms. The van der Waals surface area contributed by atoms with Crippen molar-refractivity contribution in [1.29, 1.82) is 0 Å². The van der Waals surface area contributed by atoms with Gasteiger partial charge in [-0.1, -0.05) is 0 Å². The topological polar surface area (TPSA) is 94.1 Å². The molecule has 0 spiro atoms. The highest BCUT2D eigenvalue weighted by atomic mass is 16.5. The second kappa shape index (κ2) is 7.89. The van der Waals surface area contributed by atoms with Crippen LogP contribution in [0.15, 0.2) is 0 Å². The SMILES string of the molecule is CC(OCC1CCCCO1)C(=O)NC1(CC(=O)O)CCOC1. The lowest BCUT2D eigenvalue weighted by Gasteiger charge is -2.29. The van der Waals surface area contributed by atoms with E-state index in [1.165, 1.54) is 0 Å². The number of carbonyl (C=O) groups is 2. The van der Waals surface area contributed by atoms with Crippen LogP contribution in [-0.2, 0) is 23.8 Å². The molecule has 3 unspecified atom stereocenters. The lowest BCUT2D eigenvalue weighted by atomic mass is 9.94. The maximum Gasteiger partial charge on any atom is 0.305 e. The van der Waals surface area contributed by atoms with Crippen molar-refractivity contribution in [3.8, 4) is 0 Å². The first kappa shape index (κ1) is 17.2. The predicted octanol–water partition coefficient (Wildman–Crippen LogP) is 0.711. The third-order valence-electron chi connectivity index (χ3n) is 4.16. The summed E-state index contributed by atoms with van der Waals surface area (Å²) in [4.78, 5) is 23.2. The minimum atomic E-state index is -0.949. The van der Waals surface area contributed by atoms with Crippen LogP contribution < -0.4 is 5.32 Å². The lowest BCUT2D eigenvalue weighted by molar-refractivity contribution is -0.141. The molecule has 2 aliphatic heterocycles. The Morgan fingerprint density at radius 2 is 2.23 bits per heavy atom. The van der Waals surface area contributed by atoms with E-state index in [0.717, 1.165) is 25.9 Å². The van der Waals surface area contributed by atoms with Gasteiger partial charge in [0, 0.05) is 13.2 Å². The molecule has 0 saturated carbocycles. The molecule has 7 heteroatoms. The van der Waals surface area contributed by atoms with Crippen molar-refractivity contribution in [1.82, 2.24) is 5.32 Å². The fourth-order valence-corrected chi connectivity index (χ4v) is 2.81. The molecule has 126 valence electrons. The Kier molecular flexibility index (Phi) is 6.16. The Hall–Kier alpha value is -1.18. The van der Waals surface area contributed by atoms with Crippen molar-refractivity contribution in [2.24, 2.45) is 0 Å². The third kappa shape index (κ3) is 4.93. The van der Waals surface area contributed by atoms with Crippen molar-refractivity contribution in [3.63, 3.8) is 0 Å². The maximum atomic E-state index is 12.2. The number of hydrogen-bond donors (Lipinski definition) is 2. The molecule has 22 heavy (non-hydrogen) atoms. The highest BCUT2D eigenvalue weighted by Crippen LogP contribution is 2.23. The van der Waals surface area contributed by atoms with Crippen LogP contribution in [0.4, 0.5) is 0 Å². The van der Waals surface area contributed by atoms with Gasteiger partial charge < -0.3 is 24.6 Å². The molecule has 2 N–H and O–H groups in total. The molecule has 0 aromatic heterocycles. The van der Waals surface area contributed by atoms with Crippen LogP contribution in [0.25, 0.3) is 0 Å². The summed E-state index contributed by atoms with van der Waals surface area (Å²) in [5.74, 6) is -1.25. The van der Waals surface area contributed by atoms with Gasteiger partial charge in [0.2, 0.25) is 5.91 Å². The molecule has 2 saturated heterocycles. The number of aliphatic carboxylic acids is 1. The van der Waals surface area contributed by atoms with E-state index in [1.54, 1.807) is 6.92 Å². The Balaban J connectivity index is 1.80. The first-order chi connectivity index (χ1) is 10.5. The average molecular weight is 315 g/mol. The summed E-state index contributed by atoms with van der Waals surface area (Å²) in [5.41, 5.74) is -0.818. The monoisotopic (exact) mass is 315 g/mol. The zero-order chi connectivity index (χ0) is 16.0. The molecule has 0 aliphatic carbocycles. The largest absolute Gasteiger partial charge is 0.481 e. The van der Waals surface area contributed by atoms with Crippen LogP contribution in [0, 0.1) is 0 Å². The van der Waals surface area contributed by atoms with Crippen molar-refractivity contribution in [3.05, 3.63) is 0 Å². The van der Waals surface area contributed by atoms with Gasteiger partial charge in [-0.25, -0.2) is 0 Å². The van der Waals surface area contributed by atoms with E-state index in [-0.39, 0.29) is 25.0 Å². The summed E-state index contributed by atoms with van der Waals surface area (Å²) in [7, 11) is 0. The summed E-state index contributed by atoms with van der Waals surface area (Å²) in [6.07, 6.45) is 2.91. The molecule has 3 atom stereocenters. The van der Waals surface area contributed by atoms with Gasteiger partial charge in [-0.15, -0.1) is 0 Å². The summed E-state index contributed by atoms with van der Waals surface area (Å²) in [5, 5.41) is 11.8. The number of hydrogen-bond acceptors (Lipinski definition) is 5. The second-order valence-electron chi connectivity index (χ2n) is 6.11. The number of ether oxygens (including phenoxy) is 3. The number of nitrogens with one attached hydrogen (secondary N) is 1. The Morgan fingerprint density at radius 3 is 2.82 bits per heavy atom. The number of carboxylic acid groups (broad SMARTS) is 1. The van der Waals surface area contributed by atoms with E-state index >= 15 is 0 Å². The molecule has 2 rings (SSSR count). The number of amides is 1. The van der Waals surface area contributed by atoms with Gasteiger partial charge in [0.15, 0.2) is 0 Å². The van der Waals surface area contributed by atoms with Crippen LogP contribution in [0.1, 0.15) is 39.0 Å². The van der Waals surface area contributed by atoms with Crippen molar-refractivity contribution < 1.29 is 28.9 Å². The fraction of sp³-hybridized carbons (Fsp3) is 0.867. The standard InChI is InChI=1S/C15H25NO6/c1-11(22-9-12-4-2-3-6-21-12)14(19)16-15(8-13(17)18)5-7-20-10-15/h11-12H,2-10H2,1H3,(H,16,19)(H,17,18). The molecule has 2 aliphatic rings. The van der Waals surface area contributed by atoms with E-state index in [0.29, 0.717) is 19.6 Å². The maximum absolute atomic E-state index is 12.2. The highest BCUT2D eigenvalue weighted by Gasteiger charge is 2.39. The van der Waals surface area contributed by atoms with Gasteiger partial charge in [-0.3, -0.25) is 9.59 Å². The molecular weight excluding hydrogens is 290 g/mol. The molecule has 2 heterocycles. The average Bonchev–Trinajstić information content (AvgIpc) is 2.93. The lowest BCUT2D eigenvalue weighted by Crippen LogP contribution is -2.53. The molecule has 0 aromatic rings. The molecule has 0 radical (unpaired) electrons. The highest BCUT2D eigenvalue weighted by molar-refractivity contribution is 5.82. The molecule has 2 fully saturated rings. The van der Waals surface area contributed by atoms with Crippen molar-refractivity contribution in [2.45, 2.75) is 56.8 Å². The van der Waals surface area contributed by atoms with E-state index < -0.39 is 17.6 Å². The number of carbonyl (C=O) groups excluding carboxylic acids is 1. The van der Waals surface area contributed by atoms with Crippen LogP contribution in [-0.4, -0.2) is 61.2 Å². The zero-order valence-corrected chi connectivity index (χ0v) is 13.0. The smallest absolute Gasteiger partial charge is 0.305 e. The summed E-state index contributed by atoms with van der Waals surface area (Å²) >= 11 is 0. The van der Waals surface area contributed by atoms with E-state index in [1.807, 2.05) is 0 Å². The van der Waals surface area contributed by atoms with Crippen LogP contribution in [0.3, 0.4) is 0 Å². The number of rotatable bonds is 7. The molecule has 1 amide bonds. The predicted molar refractivity (Wildman–Crippen MR) is 77.6 cm³/mol. The molecular formula is C15H25NO6. The second-order valence-corrected chi connectivity index (χ2v) is 6.11. The van der Waals surface area contributed by atoms with Crippen LogP contribution in [0.5, 0.6) is 0 Å². The summed E-state index contributed by atoms with van der Waals surface area (Å²) in [6, 6.07) is 0. The van der Waals surface area contributed by atoms with Gasteiger partial charge in [0.1, 0.15) is 6.10 Å². The van der Waals surface area contributed by atoms with Crippen LogP contribution in [0.2, 0.25) is 0 Å². The van der Waals surface area contributed by atoms with E-state index in [2.05, 4.69) is 5.32 Å². The van der Waals surface area contributed by atoms with Gasteiger partial charge in [0.25, 0.3) is 0 Å². The van der Waals surface area contributed by atoms with Gasteiger partial charge >= 0.3 is 5.97 Å². The Labute approximate surface area is 130 Å². The number of carboxylic acids is 1. The van der Waals surface area contributed by atoms with Gasteiger partial charge in [0.05, 0.1) is 31.3 Å². The van der Waals surface area contributed by atoms with Crippen molar-refractivity contribution >= 4 is 11.9 Å². The van der Waals surface area contributed by atoms with E-state index in [9.17, 15) is 9.59 Å². The molecule has 7 nitrogen and oxygen atoms in total. The van der Waals surface area contributed by atoms with Gasteiger partial charge in [-0.2, -0.15) is 0 Å². The third-order valence-corrected chi connectivity index (χ3v) is 4.16. The molecule has 0 aromatic carbocycles. The first-order valence-electron chi connectivity index (χ1n) is 7.85. The Bertz CT molecular complexity index is 387. The fourth-order valence-electron chi connectivity index (χ4n) is 2.81. The van der Waals surface area contributed by atoms with Crippen molar-refractivity contribution in [2.75, 3.05) is 26.4 Å². The van der Waals surface area contributed by atoms with Crippen LogP contribution >= 0.6 is 0 Å². The summed E-state index contributed by atoms with van der Waals surface area (Å²) in [6.45, 7) is 3.48. The van der Waals surface area contributed by atoms with E-state index in [4.69, 9.17) is 19.3 Å². The normalized spacial score (nSPS) is 30.0.